The van der Waals surface area contributed by atoms with Crippen LogP contribution >= 0.6 is 0 Å². The van der Waals surface area contributed by atoms with Gasteiger partial charge in [-0.15, -0.1) is 0 Å². The van der Waals surface area contributed by atoms with E-state index in [4.69, 9.17) is 15.4 Å². The number of amidine groups is 1. The van der Waals surface area contributed by atoms with E-state index in [0.29, 0.717) is 29.3 Å². The topological polar surface area (TPSA) is 67.8 Å². The van der Waals surface area contributed by atoms with E-state index in [-0.39, 0.29) is 10.5 Å². The number of hydrogen-bond acceptors (Lipinski definition) is 3. The van der Waals surface area contributed by atoms with Crippen molar-refractivity contribution in [3.63, 3.8) is 0 Å². The van der Waals surface area contributed by atoms with E-state index in [2.05, 4.69) is 67.5 Å². The van der Waals surface area contributed by atoms with Gasteiger partial charge >= 0.3 is 0 Å². The SMILES string of the molecule is CC1=C(CCC/C(N)=N/O)[C@@H]2CC[C@H]3C(C)(C)[C@@H](O[Si](C(C)C)C(C)(C)C)CC[C@]3(C)[C@H]2CC1. The Hall–Kier alpha value is -0.813. The normalized spacial score (nSPS) is 34.4. The van der Waals surface area contributed by atoms with Gasteiger partial charge in [-0.05, 0) is 97.5 Å². The van der Waals surface area contributed by atoms with Crippen molar-refractivity contribution in [2.75, 3.05) is 0 Å². The third-order valence-electron chi connectivity index (χ3n) is 9.93. The summed E-state index contributed by atoms with van der Waals surface area (Å²) in [6, 6.07) is 0. The van der Waals surface area contributed by atoms with Crippen LogP contribution in [0.25, 0.3) is 0 Å². The fourth-order valence-electron chi connectivity index (χ4n) is 8.46. The highest BCUT2D eigenvalue weighted by Gasteiger charge is 2.59. The molecule has 2 saturated carbocycles. The molecule has 3 aliphatic carbocycles. The summed E-state index contributed by atoms with van der Waals surface area (Å²) in [5.74, 6) is 2.60. The van der Waals surface area contributed by atoms with Crippen molar-refractivity contribution in [3.05, 3.63) is 11.1 Å². The first-order chi connectivity index (χ1) is 15.7. The number of fused-ring (bicyclic) bond motifs is 3. The molecule has 0 aromatic rings. The minimum absolute atomic E-state index is 0.219. The second-order valence-corrected chi connectivity index (χ2v) is 17.5. The van der Waals surface area contributed by atoms with Crippen LogP contribution in [-0.2, 0) is 4.43 Å². The third kappa shape index (κ3) is 5.31. The van der Waals surface area contributed by atoms with Crippen LogP contribution in [0.1, 0.15) is 120 Å². The Morgan fingerprint density at radius 1 is 1.18 bits per heavy atom. The van der Waals surface area contributed by atoms with Gasteiger partial charge in [0.15, 0.2) is 0 Å². The maximum Gasteiger partial charge on any atom is 0.220 e. The third-order valence-corrected chi connectivity index (χ3v) is 13.0. The Labute approximate surface area is 211 Å². The summed E-state index contributed by atoms with van der Waals surface area (Å²) in [5.41, 5.74) is 10.3. The van der Waals surface area contributed by atoms with Gasteiger partial charge in [0.05, 0.1) is 6.10 Å². The summed E-state index contributed by atoms with van der Waals surface area (Å²) < 4.78 is 7.14. The maximum absolute atomic E-state index is 8.92. The summed E-state index contributed by atoms with van der Waals surface area (Å²) in [7, 11) is -0.906. The smallest absolute Gasteiger partial charge is 0.220 e. The van der Waals surface area contributed by atoms with Crippen LogP contribution in [0.5, 0.6) is 0 Å². The number of oxime groups is 1. The minimum atomic E-state index is -0.906. The molecule has 34 heavy (non-hydrogen) atoms. The predicted molar refractivity (Wildman–Crippen MR) is 145 cm³/mol. The van der Waals surface area contributed by atoms with E-state index in [1.165, 1.54) is 38.5 Å². The lowest BCUT2D eigenvalue weighted by molar-refractivity contribution is -0.143. The fourth-order valence-corrected chi connectivity index (χ4v) is 11.5. The van der Waals surface area contributed by atoms with E-state index in [9.17, 15) is 0 Å². The summed E-state index contributed by atoms with van der Waals surface area (Å²) in [6.45, 7) is 21.9. The van der Waals surface area contributed by atoms with E-state index in [0.717, 1.165) is 30.6 Å². The predicted octanol–water partition coefficient (Wildman–Crippen LogP) is 8.07. The molecular formula is C29H53N2O2Si. The molecule has 1 radical (unpaired) electrons. The zero-order valence-corrected chi connectivity index (χ0v) is 24.6. The molecule has 0 aromatic carbocycles. The summed E-state index contributed by atoms with van der Waals surface area (Å²) >= 11 is 0. The lowest BCUT2D eigenvalue weighted by Gasteiger charge is -2.63. The Morgan fingerprint density at radius 3 is 2.44 bits per heavy atom. The minimum Gasteiger partial charge on any atom is -0.412 e. The van der Waals surface area contributed by atoms with Gasteiger partial charge in [-0.1, -0.05) is 71.7 Å². The maximum atomic E-state index is 8.92. The first-order valence-corrected chi connectivity index (χ1v) is 15.4. The van der Waals surface area contributed by atoms with Crippen molar-refractivity contribution in [3.8, 4) is 0 Å². The van der Waals surface area contributed by atoms with Crippen molar-refractivity contribution < 1.29 is 9.63 Å². The van der Waals surface area contributed by atoms with Crippen LogP contribution in [0.15, 0.2) is 16.3 Å². The highest BCUT2D eigenvalue weighted by atomic mass is 28.3. The number of hydrogen-bond donors (Lipinski definition) is 2. The summed E-state index contributed by atoms with van der Waals surface area (Å²) in [5, 5.41) is 12.4. The molecule has 5 heteroatoms. The first kappa shape index (κ1) is 27.8. The quantitative estimate of drug-likeness (QED) is 0.0948. The Balaban J connectivity index is 1.79. The Morgan fingerprint density at radius 2 is 1.85 bits per heavy atom. The summed E-state index contributed by atoms with van der Waals surface area (Å²) in [6.07, 6.45) is 10.9. The van der Waals surface area contributed by atoms with Gasteiger partial charge < -0.3 is 15.4 Å². The molecule has 2 fully saturated rings. The van der Waals surface area contributed by atoms with Gasteiger partial charge in [-0.3, -0.25) is 0 Å². The Kier molecular flexibility index (Phi) is 8.40. The molecule has 0 spiro atoms. The largest absolute Gasteiger partial charge is 0.412 e. The van der Waals surface area contributed by atoms with Crippen LogP contribution < -0.4 is 5.73 Å². The second-order valence-electron chi connectivity index (χ2n) is 13.9. The summed E-state index contributed by atoms with van der Waals surface area (Å²) in [4.78, 5) is 0. The van der Waals surface area contributed by atoms with Crippen LogP contribution in [0.2, 0.25) is 10.6 Å². The number of allylic oxidation sites excluding steroid dienone is 2. The van der Waals surface area contributed by atoms with Crippen LogP contribution in [0.3, 0.4) is 0 Å². The molecule has 0 saturated heterocycles. The lowest BCUT2D eigenvalue weighted by atomic mass is 9.43. The average Bonchev–Trinajstić information content (AvgIpc) is 2.72. The van der Waals surface area contributed by atoms with Crippen molar-refractivity contribution in [1.29, 1.82) is 0 Å². The zero-order valence-electron chi connectivity index (χ0n) is 23.6. The molecule has 4 nitrogen and oxygen atoms in total. The van der Waals surface area contributed by atoms with E-state index >= 15 is 0 Å². The molecule has 0 heterocycles. The number of rotatable bonds is 7. The molecular weight excluding hydrogens is 436 g/mol. The van der Waals surface area contributed by atoms with E-state index in [1.807, 2.05) is 0 Å². The van der Waals surface area contributed by atoms with Crippen molar-refractivity contribution >= 4 is 14.9 Å². The van der Waals surface area contributed by atoms with Crippen molar-refractivity contribution in [2.24, 2.45) is 39.5 Å². The molecule has 0 aliphatic heterocycles. The van der Waals surface area contributed by atoms with Crippen molar-refractivity contribution in [1.82, 2.24) is 0 Å². The van der Waals surface area contributed by atoms with Gasteiger partial charge in [0, 0.05) is 6.42 Å². The monoisotopic (exact) mass is 489 g/mol. The standard InChI is InChI=1S/C29H53N2O2Si/c1-19(2)34(27(4,5)6)33-25-17-18-29(9)23-15-13-20(3)21(11-10-12-26(30)31-32)22(23)14-16-24(29)28(25,7)8/h19,22-25,32H,10-18H2,1-9H3,(H2,30,31)/t22-,23-,24-,25-,29+/m0/s1. The Bertz CT molecular complexity index is 781. The fraction of sp³-hybridized carbons (Fsp3) is 0.897. The molecule has 0 aromatic heterocycles. The molecule has 0 bridgehead atoms. The molecule has 3 aliphatic rings. The van der Waals surface area contributed by atoms with Gasteiger partial charge in [-0.2, -0.15) is 0 Å². The molecule has 0 amide bonds. The second kappa shape index (κ2) is 10.3. The number of nitrogens with two attached hydrogens (primary N) is 1. The van der Waals surface area contributed by atoms with Gasteiger partial charge in [0.1, 0.15) is 5.84 Å². The first-order valence-electron chi connectivity index (χ1n) is 13.9. The molecule has 3 rings (SSSR count). The highest BCUT2D eigenvalue weighted by molar-refractivity contribution is 6.56. The van der Waals surface area contributed by atoms with Crippen LogP contribution in [0, 0.1) is 28.6 Å². The van der Waals surface area contributed by atoms with E-state index in [1.54, 1.807) is 11.1 Å². The molecule has 0 unspecified atom stereocenters. The molecule has 5 atom stereocenters. The van der Waals surface area contributed by atoms with Gasteiger partial charge in [0.25, 0.3) is 0 Å². The van der Waals surface area contributed by atoms with E-state index < -0.39 is 9.04 Å². The van der Waals surface area contributed by atoms with Crippen molar-refractivity contribution in [2.45, 2.75) is 137 Å². The van der Waals surface area contributed by atoms with Gasteiger partial charge in [-0.25, -0.2) is 0 Å². The van der Waals surface area contributed by atoms with Crippen LogP contribution in [0.4, 0.5) is 0 Å². The highest BCUT2D eigenvalue weighted by Crippen LogP contribution is 2.65. The zero-order chi connectivity index (χ0) is 25.5. The molecule has 195 valence electrons. The number of nitrogens with zero attached hydrogens (tertiary/aromatic N) is 1. The average molecular weight is 490 g/mol. The lowest BCUT2D eigenvalue weighted by Crippen LogP contribution is -2.58. The molecule has 3 N–H and O–H groups in total. The van der Waals surface area contributed by atoms with Gasteiger partial charge in [0.2, 0.25) is 9.04 Å². The van der Waals surface area contributed by atoms with Crippen LogP contribution in [-0.4, -0.2) is 26.2 Å².